The molecule has 3 aromatic rings. The van der Waals surface area contributed by atoms with Crippen LogP contribution in [0.5, 0.6) is 17.2 Å². The molecular weight excluding hydrogens is 314 g/mol. The van der Waals surface area contributed by atoms with Gasteiger partial charge in [-0.2, -0.15) is 0 Å². The minimum absolute atomic E-state index is 0.180. The fourth-order valence-electron chi connectivity index (χ4n) is 2.18. The molecule has 0 fully saturated rings. The van der Waals surface area contributed by atoms with Crippen LogP contribution in [-0.2, 0) is 0 Å². The summed E-state index contributed by atoms with van der Waals surface area (Å²) in [4.78, 5) is 16.5. The number of rotatable bonds is 3. The lowest BCUT2D eigenvalue weighted by Gasteiger charge is -2.03. The zero-order valence-corrected chi connectivity index (χ0v) is 12.7. The van der Waals surface area contributed by atoms with E-state index in [2.05, 4.69) is 4.98 Å². The second kappa shape index (κ2) is 5.73. The Balaban J connectivity index is 1.52. The van der Waals surface area contributed by atoms with Crippen molar-refractivity contribution in [2.45, 2.75) is 0 Å². The van der Waals surface area contributed by atoms with Gasteiger partial charge in [-0.1, -0.05) is 30.3 Å². The fourth-order valence-corrected chi connectivity index (χ4v) is 2.98. The van der Waals surface area contributed by atoms with E-state index >= 15 is 0 Å². The van der Waals surface area contributed by atoms with Gasteiger partial charge >= 0.3 is 5.97 Å². The van der Waals surface area contributed by atoms with Crippen LogP contribution in [0.1, 0.15) is 10.5 Å². The summed E-state index contributed by atoms with van der Waals surface area (Å²) in [6.45, 7) is 0.180. The highest BCUT2D eigenvalue weighted by molar-refractivity contribution is 7.13. The summed E-state index contributed by atoms with van der Waals surface area (Å²) >= 11 is 1.41. The molecule has 1 aliphatic heterocycles. The van der Waals surface area contributed by atoms with E-state index in [-0.39, 0.29) is 12.5 Å². The molecule has 23 heavy (non-hydrogen) atoms. The Morgan fingerprint density at radius 3 is 2.78 bits per heavy atom. The number of fused-ring (bicyclic) bond motifs is 1. The van der Waals surface area contributed by atoms with Gasteiger partial charge in [-0.05, 0) is 12.1 Å². The van der Waals surface area contributed by atoms with Crippen molar-refractivity contribution in [3.8, 4) is 27.8 Å². The highest BCUT2D eigenvalue weighted by atomic mass is 32.1. The Kier molecular flexibility index (Phi) is 3.44. The molecule has 6 heteroatoms. The van der Waals surface area contributed by atoms with Crippen molar-refractivity contribution in [3.05, 3.63) is 59.6 Å². The number of hydrogen-bond donors (Lipinski definition) is 0. The van der Waals surface area contributed by atoms with E-state index in [1.165, 1.54) is 11.3 Å². The zero-order valence-electron chi connectivity index (χ0n) is 11.9. The van der Waals surface area contributed by atoms with Gasteiger partial charge in [-0.15, -0.1) is 11.3 Å². The van der Waals surface area contributed by atoms with E-state index in [0.29, 0.717) is 17.2 Å². The summed E-state index contributed by atoms with van der Waals surface area (Å²) in [5, 5.41) is 2.47. The first kappa shape index (κ1) is 13.8. The number of hydrogen-bond acceptors (Lipinski definition) is 6. The van der Waals surface area contributed by atoms with Gasteiger partial charge < -0.3 is 14.2 Å². The van der Waals surface area contributed by atoms with Gasteiger partial charge in [0.1, 0.15) is 10.8 Å². The molecule has 0 unspecified atom stereocenters. The first-order valence-corrected chi connectivity index (χ1v) is 7.80. The lowest BCUT2D eigenvalue weighted by molar-refractivity contribution is 0.0729. The number of nitrogens with zero attached hydrogens (tertiary/aromatic N) is 1. The molecule has 1 aliphatic rings. The quantitative estimate of drug-likeness (QED) is 0.542. The number of thiazole rings is 1. The normalized spacial score (nSPS) is 12.2. The Labute approximate surface area is 136 Å². The van der Waals surface area contributed by atoms with Gasteiger partial charge in [-0.25, -0.2) is 9.78 Å². The lowest BCUT2D eigenvalue weighted by Crippen LogP contribution is -2.08. The number of aromatic nitrogens is 1. The van der Waals surface area contributed by atoms with Crippen LogP contribution >= 0.6 is 11.3 Å². The number of benzene rings is 2. The van der Waals surface area contributed by atoms with Gasteiger partial charge in [0.05, 0.1) is 0 Å². The van der Waals surface area contributed by atoms with Crippen LogP contribution in [0.3, 0.4) is 0 Å². The number of carbonyl (C=O) groups is 1. The molecule has 2 aromatic carbocycles. The molecule has 4 rings (SSSR count). The van der Waals surface area contributed by atoms with Crippen LogP contribution in [0.2, 0.25) is 0 Å². The highest BCUT2D eigenvalue weighted by Crippen LogP contribution is 2.35. The van der Waals surface area contributed by atoms with E-state index in [9.17, 15) is 4.79 Å². The Morgan fingerprint density at radius 2 is 1.91 bits per heavy atom. The molecule has 114 valence electrons. The second-order valence-electron chi connectivity index (χ2n) is 4.81. The van der Waals surface area contributed by atoms with Gasteiger partial charge in [-0.3, -0.25) is 0 Å². The minimum atomic E-state index is -0.498. The molecule has 2 heterocycles. The van der Waals surface area contributed by atoms with E-state index in [1.807, 2.05) is 30.3 Å². The highest BCUT2D eigenvalue weighted by Gasteiger charge is 2.17. The number of carbonyl (C=O) groups excluding carboxylic acids is 1. The van der Waals surface area contributed by atoms with Crippen LogP contribution in [0.25, 0.3) is 10.6 Å². The van der Waals surface area contributed by atoms with Gasteiger partial charge in [0.2, 0.25) is 6.79 Å². The molecular formula is C17H11NO4S. The van der Waals surface area contributed by atoms with Crippen molar-refractivity contribution >= 4 is 17.3 Å². The summed E-state index contributed by atoms with van der Waals surface area (Å²) < 4.78 is 15.8. The average Bonchev–Trinajstić information content (AvgIpc) is 3.24. The summed E-state index contributed by atoms with van der Waals surface area (Å²) in [6, 6.07) is 14.7. The second-order valence-corrected chi connectivity index (χ2v) is 5.67. The molecule has 0 bridgehead atoms. The van der Waals surface area contributed by atoms with Crippen molar-refractivity contribution in [1.82, 2.24) is 4.98 Å². The Hall–Kier alpha value is -2.86. The van der Waals surface area contributed by atoms with Crippen LogP contribution in [0.4, 0.5) is 0 Å². The third-order valence-electron chi connectivity index (χ3n) is 3.29. The largest absolute Gasteiger partial charge is 0.454 e. The van der Waals surface area contributed by atoms with Gasteiger partial charge in [0, 0.05) is 17.0 Å². The summed E-state index contributed by atoms with van der Waals surface area (Å²) in [6.07, 6.45) is 0. The monoisotopic (exact) mass is 325 g/mol. The van der Waals surface area contributed by atoms with Crippen LogP contribution in [0, 0.1) is 0 Å². The van der Waals surface area contributed by atoms with Crippen molar-refractivity contribution in [2.75, 3.05) is 6.79 Å². The molecule has 0 amide bonds. The fraction of sp³-hybridized carbons (Fsp3) is 0.0588. The third-order valence-corrected chi connectivity index (χ3v) is 4.18. The SMILES string of the molecule is O=C(Oc1ccc2c(c1)OCO2)c1csc(-c2ccccc2)n1. The maximum absolute atomic E-state index is 12.2. The molecule has 0 saturated heterocycles. The van der Waals surface area contributed by atoms with Gasteiger partial charge in [0.15, 0.2) is 17.2 Å². The van der Waals surface area contributed by atoms with E-state index in [1.54, 1.807) is 23.6 Å². The van der Waals surface area contributed by atoms with Crippen molar-refractivity contribution in [1.29, 1.82) is 0 Å². The first-order valence-electron chi connectivity index (χ1n) is 6.92. The minimum Gasteiger partial charge on any atom is -0.454 e. The van der Waals surface area contributed by atoms with Crippen molar-refractivity contribution < 1.29 is 19.0 Å². The van der Waals surface area contributed by atoms with Crippen LogP contribution in [-0.4, -0.2) is 17.7 Å². The Bertz CT molecular complexity index is 860. The molecule has 0 N–H and O–H groups in total. The summed E-state index contributed by atoms with van der Waals surface area (Å²) in [5.74, 6) is 1.11. The number of ether oxygens (including phenoxy) is 3. The Morgan fingerprint density at radius 1 is 1.09 bits per heavy atom. The molecule has 0 radical (unpaired) electrons. The molecule has 5 nitrogen and oxygen atoms in total. The van der Waals surface area contributed by atoms with E-state index < -0.39 is 5.97 Å². The van der Waals surface area contributed by atoms with Gasteiger partial charge in [0.25, 0.3) is 0 Å². The third kappa shape index (κ3) is 2.76. The first-order chi connectivity index (χ1) is 11.3. The predicted molar refractivity (Wildman–Crippen MR) is 85.1 cm³/mol. The summed E-state index contributed by atoms with van der Waals surface area (Å²) in [7, 11) is 0. The van der Waals surface area contributed by atoms with Crippen molar-refractivity contribution in [3.63, 3.8) is 0 Å². The van der Waals surface area contributed by atoms with E-state index in [0.717, 1.165) is 10.6 Å². The molecule has 0 aliphatic carbocycles. The van der Waals surface area contributed by atoms with E-state index in [4.69, 9.17) is 14.2 Å². The predicted octanol–water partition coefficient (Wildman–Crippen LogP) is 3.76. The van der Waals surface area contributed by atoms with Crippen LogP contribution < -0.4 is 14.2 Å². The molecule has 0 spiro atoms. The smallest absolute Gasteiger partial charge is 0.363 e. The lowest BCUT2D eigenvalue weighted by atomic mass is 10.2. The van der Waals surface area contributed by atoms with Crippen LogP contribution in [0.15, 0.2) is 53.9 Å². The van der Waals surface area contributed by atoms with Crippen molar-refractivity contribution in [2.24, 2.45) is 0 Å². The average molecular weight is 325 g/mol. The molecule has 0 atom stereocenters. The topological polar surface area (TPSA) is 57.7 Å². The number of esters is 1. The molecule has 0 saturated carbocycles. The maximum Gasteiger partial charge on any atom is 0.363 e. The molecule has 1 aromatic heterocycles. The maximum atomic E-state index is 12.2. The summed E-state index contributed by atoms with van der Waals surface area (Å²) in [5.41, 5.74) is 1.26. The standard InChI is InChI=1S/C17H11NO4S/c19-17(22-12-6-7-14-15(8-12)21-10-20-14)13-9-23-16(18-13)11-4-2-1-3-5-11/h1-9H,10H2. The zero-order chi connectivity index (χ0) is 15.6.